The van der Waals surface area contributed by atoms with E-state index in [-0.39, 0.29) is 6.10 Å². The highest BCUT2D eigenvalue weighted by atomic mass is 16.5. The lowest BCUT2D eigenvalue weighted by atomic mass is 9.88. The van der Waals surface area contributed by atoms with Crippen LogP contribution in [0.15, 0.2) is 78.9 Å². The molecule has 2 N–H and O–H groups in total. The number of hydrogen-bond donors (Lipinski definition) is 1. The molecule has 29 heavy (non-hydrogen) atoms. The van der Waals surface area contributed by atoms with Gasteiger partial charge in [-0.05, 0) is 51.0 Å². The molecule has 0 aliphatic carbocycles. The van der Waals surface area contributed by atoms with Gasteiger partial charge in [-0.15, -0.1) is 0 Å². The molecule has 0 saturated carbocycles. The van der Waals surface area contributed by atoms with Crippen molar-refractivity contribution >= 4 is 0 Å². The molecule has 3 aromatic carbocycles. The van der Waals surface area contributed by atoms with Crippen LogP contribution in [0.5, 0.6) is 5.75 Å². The lowest BCUT2D eigenvalue weighted by Crippen LogP contribution is -2.84. The zero-order valence-corrected chi connectivity index (χ0v) is 18.1. The van der Waals surface area contributed by atoms with Gasteiger partial charge < -0.3 is 10.1 Å². The largest absolute Gasteiger partial charge is 0.491 e. The molecule has 2 heteroatoms. The van der Waals surface area contributed by atoms with Crippen LogP contribution in [0.1, 0.15) is 61.4 Å². The summed E-state index contributed by atoms with van der Waals surface area (Å²) in [6.07, 6.45) is 1.30. The minimum atomic E-state index is 0.197. The van der Waals surface area contributed by atoms with Crippen molar-refractivity contribution in [2.24, 2.45) is 0 Å². The topological polar surface area (TPSA) is 25.8 Å². The van der Waals surface area contributed by atoms with Crippen molar-refractivity contribution in [3.63, 3.8) is 0 Å². The zero-order valence-electron chi connectivity index (χ0n) is 18.1. The van der Waals surface area contributed by atoms with E-state index < -0.39 is 0 Å². The SMILES string of the molecule is Cc1ccc([C@H](CC[NH2+][C@H](C)c2ccccc2)c2ccc(OC(C)C)cc2)cc1. The molecule has 3 rings (SSSR count). The fraction of sp³-hybridized carbons (Fsp3) is 0.333. The first-order chi connectivity index (χ1) is 14.0. The number of quaternary nitrogens is 1. The van der Waals surface area contributed by atoms with Crippen LogP contribution < -0.4 is 10.1 Å². The van der Waals surface area contributed by atoms with Crippen molar-refractivity contribution in [1.82, 2.24) is 0 Å². The van der Waals surface area contributed by atoms with E-state index in [1.807, 2.05) is 0 Å². The van der Waals surface area contributed by atoms with E-state index >= 15 is 0 Å². The summed E-state index contributed by atoms with van der Waals surface area (Å²) in [6.45, 7) is 9.64. The molecule has 0 spiro atoms. The Kier molecular flexibility index (Phi) is 7.48. The van der Waals surface area contributed by atoms with Crippen molar-refractivity contribution in [2.75, 3.05) is 6.54 Å². The Balaban J connectivity index is 1.72. The third-order valence-corrected chi connectivity index (χ3v) is 5.43. The summed E-state index contributed by atoms with van der Waals surface area (Å²) in [5.74, 6) is 1.33. The van der Waals surface area contributed by atoms with E-state index in [9.17, 15) is 0 Å². The van der Waals surface area contributed by atoms with Crippen LogP contribution in [0.25, 0.3) is 0 Å². The van der Waals surface area contributed by atoms with Crippen LogP contribution in [0.4, 0.5) is 0 Å². The van der Waals surface area contributed by atoms with E-state index in [1.54, 1.807) is 0 Å². The van der Waals surface area contributed by atoms with Crippen LogP contribution in [0.2, 0.25) is 0 Å². The average Bonchev–Trinajstić information content (AvgIpc) is 2.73. The summed E-state index contributed by atoms with van der Waals surface area (Å²) in [5, 5.41) is 2.45. The highest BCUT2D eigenvalue weighted by molar-refractivity contribution is 5.37. The Morgan fingerprint density at radius 1 is 0.724 bits per heavy atom. The molecule has 3 aromatic rings. The number of rotatable bonds is 9. The average molecular weight is 389 g/mol. The Labute approximate surface area is 175 Å². The standard InChI is InChI=1S/C27H33NO/c1-20(2)29-26-16-14-25(15-17-26)27(24-12-10-21(3)11-13-24)18-19-28-22(4)23-8-6-5-7-9-23/h5-17,20,22,27-28H,18-19H2,1-4H3/p+1/t22-,27+/m1/s1. The summed E-state index contributed by atoms with van der Waals surface area (Å²) in [5.41, 5.74) is 5.42. The van der Waals surface area contributed by atoms with Crippen LogP contribution in [0.3, 0.4) is 0 Å². The fourth-order valence-corrected chi connectivity index (χ4v) is 3.78. The van der Waals surface area contributed by atoms with Gasteiger partial charge in [0.1, 0.15) is 11.8 Å². The van der Waals surface area contributed by atoms with Gasteiger partial charge in [0.2, 0.25) is 0 Å². The van der Waals surface area contributed by atoms with Gasteiger partial charge in [-0.1, -0.05) is 72.3 Å². The van der Waals surface area contributed by atoms with Gasteiger partial charge in [0.05, 0.1) is 12.6 Å². The molecular formula is C27H34NO+. The highest BCUT2D eigenvalue weighted by Crippen LogP contribution is 2.29. The molecule has 0 aliphatic rings. The molecule has 2 nitrogen and oxygen atoms in total. The lowest BCUT2D eigenvalue weighted by Gasteiger charge is -2.20. The van der Waals surface area contributed by atoms with Gasteiger partial charge in [0.15, 0.2) is 0 Å². The first-order valence-corrected chi connectivity index (χ1v) is 10.7. The van der Waals surface area contributed by atoms with E-state index in [4.69, 9.17) is 4.74 Å². The molecular weight excluding hydrogens is 354 g/mol. The van der Waals surface area contributed by atoms with Crippen LogP contribution >= 0.6 is 0 Å². The molecule has 2 atom stereocenters. The maximum Gasteiger partial charge on any atom is 0.119 e. The second-order valence-electron chi connectivity index (χ2n) is 8.21. The van der Waals surface area contributed by atoms with Crippen LogP contribution in [-0.4, -0.2) is 12.6 Å². The smallest absolute Gasteiger partial charge is 0.119 e. The minimum absolute atomic E-state index is 0.197. The number of benzene rings is 3. The van der Waals surface area contributed by atoms with Crippen molar-refractivity contribution in [2.45, 2.75) is 52.2 Å². The summed E-state index contributed by atoms with van der Waals surface area (Å²) in [7, 11) is 0. The number of hydrogen-bond acceptors (Lipinski definition) is 1. The first-order valence-electron chi connectivity index (χ1n) is 10.7. The summed E-state index contributed by atoms with van der Waals surface area (Å²) >= 11 is 0. The van der Waals surface area contributed by atoms with E-state index in [0.717, 1.165) is 18.7 Å². The maximum absolute atomic E-state index is 5.83. The van der Waals surface area contributed by atoms with Crippen LogP contribution in [0, 0.1) is 6.92 Å². The van der Waals surface area contributed by atoms with Gasteiger partial charge in [-0.3, -0.25) is 0 Å². The maximum atomic E-state index is 5.83. The van der Waals surface area contributed by atoms with Crippen molar-refractivity contribution in [3.05, 3.63) is 101 Å². The van der Waals surface area contributed by atoms with Crippen molar-refractivity contribution in [3.8, 4) is 5.75 Å². The third-order valence-electron chi connectivity index (χ3n) is 5.43. The second-order valence-corrected chi connectivity index (χ2v) is 8.21. The molecule has 0 aromatic heterocycles. The lowest BCUT2D eigenvalue weighted by molar-refractivity contribution is -0.693. The van der Waals surface area contributed by atoms with Gasteiger partial charge in [0, 0.05) is 17.9 Å². The van der Waals surface area contributed by atoms with Crippen molar-refractivity contribution in [1.29, 1.82) is 0 Å². The van der Waals surface area contributed by atoms with E-state index in [0.29, 0.717) is 12.0 Å². The van der Waals surface area contributed by atoms with Gasteiger partial charge in [0.25, 0.3) is 0 Å². The third kappa shape index (κ3) is 6.20. The molecule has 0 bridgehead atoms. The molecule has 0 amide bonds. The summed E-state index contributed by atoms with van der Waals surface area (Å²) in [6, 6.07) is 28.9. The second kappa shape index (κ2) is 10.3. The molecule has 0 saturated heterocycles. The molecule has 0 radical (unpaired) electrons. The summed E-state index contributed by atoms with van der Waals surface area (Å²) in [4.78, 5) is 0. The highest BCUT2D eigenvalue weighted by Gasteiger charge is 2.17. The molecule has 0 aliphatic heterocycles. The molecule has 0 unspecified atom stereocenters. The Hall–Kier alpha value is -2.58. The Bertz CT molecular complexity index is 853. The first kappa shape index (κ1) is 21.1. The zero-order chi connectivity index (χ0) is 20.6. The molecule has 152 valence electrons. The normalized spacial score (nSPS) is 13.3. The number of ether oxygens (including phenoxy) is 1. The Morgan fingerprint density at radius 2 is 1.31 bits per heavy atom. The predicted molar refractivity (Wildman–Crippen MR) is 121 cm³/mol. The van der Waals surface area contributed by atoms with Gasteiger partial charge in [-0.2, -0.15) is 0 Å². The van der Waals surface area contributed by atoms with E-state index in [1.165, 1.54) is 22.3 Å². The minimum Gasteiger partial charge on any atom is -0.491 e. The van der Waals surface area contributed by atoms with Gasteiger partial charge in [-0.25, -0.2) is 0 Å². The van der Waals surface area contributed by atoms with Gasteiger partial charge >= 0.3 is 0 Å². The molecule has 0 fully saturated rings. The predicted octanol–water partition coefficient (Wildman–Crippen LogP) is 5.63. The number of nitrogens with two attached hydrogens (primary N) is 1. The quantitative estimate of drug-likeness (QED) is 0.505. The fourth-order valence-electron chi connectivity index (χ4n) is 3.78. The monoisotopic (exact) mass is 388 g/mol. The van der Waals surface area contributed by atoms with Crippen LogP contribution in [-0.2, 0) is 0 Å². The summed E-state index contributed by atoms with van der Waals surface area (Å²) < 4.78 is 5.83. The Morgan fingerprint density at radius 3 is 1.90 bits per heavy atom. The number of aryl methyl sites for hydroxylation is 1. The van der Waals surface area contributed by atoms with Crippen molar-refractivity contribution < 1.29 is 10.1 Å². The van der Waals surface area contributed by atoms with E-state index in [2.05, 4.69) is 112 Å². The molecule has 0 heterocycles.